The summed E-state index contributed by atoms with van der Waals surface area (Å²) in [6.45, 7) is 0.294. The monoisotopic (exact) mass is 574 g/mol. The molecular formula is C32H34N2O8. The van der Waals surface area contributed by atoms with Crippen LogP contribution >= 0.6 is 0 Å². The van der Waals surface area contributed by atoms with E-state index in [9.17, 15) is 24.3 Å². The second-order valence-corrected chi connectivity index (χ2v) is 9.91. The summed E-state index contributed by atoms with van der Waals surface area (Å²) in [7, 11) is 1.49. The Morgan fingerprint density at radius 2 is 1.43 bits per heavy atom. The van der Waals surface area contributed by atoms with Gasteiger partial charge < -0.3 is 30.0 Å². The fourth-order valence-corrected chi connectivity index (χ4v) is 4.92. The molecule has 1 aliphatic carbocycles. The topological polar surface area (TPSA) is 140 Å². The van der Waals surface area contributed by atoms with Crippen molar-refractivity contribution in [2.75, 3.05) is 20.3 Å². The van der Waals surface area contributed by atoms with Gasteiger partial charge in [0.1, 0.15) is 25.3 Å². The molecule has 0 bridgehead atoms. The van der Waals surface area contributed by atoms with Crippen molar-refractivity contribution in [1.29, 1.82) is 0 Å². The lowest BCUT2D eigenvalue weighted by Crippen LogP contribution is -2.52. The summed E-state index contributed by atoms with van der Waals surface area (Å²) in [4.78, 5) is 50.5. The van der Waals surface area contributed by atoms with Gasteiger partial charge in [-0.15, -0.1) is 0 Å². The van der Waals surface area contributed by atoms with Gasteiger partial charge in [-0.3, -0.25) is 9.59 Å². The number of fused-ring (bicyclic) bond motifs is 3. The first-order valence-electron chi connectivity index (χ1n) is 13.7. The van der Waals surface area contributed by atoms with Gasteiger partial charge in [-0.1, -0.05) is 78.9 Å². The normalized spacial score (nSPS) is 13.3. The predicted octanol–water partition coefficient (Wildman–Crippen LogP) is 4.02. The van der Waals surface area contributed by atoms with Crippen molar-refractivity contribution in [1.82, 2.24) is 10.6 Å². The minimum Gasteiger partial charge on any atom is -0.480 e. The Balaban J connectivity index is 1.42. The molecule has 42 heavy (non-hydrogen) atoms. The first-order chi connectivity index (χ1) is 20.4. The summed E-state index contributed by atoms with van der Waals surface area (Å²) < 4.78 is 15.8. The number of carbonyl (C=O) groups is 4. The Morgan fingerprint density at radius 1 is 0.810 bits per heavy atom. The van der Waals surface area contributed by atoms with Crippen LogP contribution in [-0.4, -0.2) is 61.5 Å². The number of alkyl carbamates (subject to hydrolysis) is 1. The Morgan fingerprint density at radius 3 is 2.05 bits per heavy atom. The molecule has 1 unspecified atom stereocenters. The van der Waals surface area contributed by atoms with Crippen LogP contribution in [0.25, 0.3) is 11.1 Å². The smallest absolute Gasteiger partial charge is 0.407 e. The maximum absolute atomic E-state index is 13.1. The van der Waals surface area contributed by atoms with Gasteiger partial charge in [0, 0.05) is 19.6 Å². The molecule has 0 aliphatic heterocycles. The van der Waals surface area contributed by atoms with Crippen molar-refractivity contribution in [2.24, 2.45) is 0 Å². The molecule has 3 aromatic rings. The number of nitrogens with one attached hydrogen (secondary N) is 2. The summed E-state index contributed by atoms with van der Waals surface area (Å²) in [5.41, 5.74) is 4.92. The SMILES string of the molecule is COCCCC(NC(=O)[C@H](CC(=O)OCc1ccccc1)NC(=O)OCC1c2ccccc2-c2ccccc21)C(=O)O. The van der Waals surface area contributed by atoms with Crippen molar-refractivity contribution >= 4 is 23.9 Å². The van der Waals surface area contributed by atoms with Crippen LogP contribution in [0.1, 0.15) is 41.9 Å². The molecule has 2 atom stereocenters. The number of rotatable bonds is 14. The molecule has 3 aromatic carbocycles. The van der Waals surface area contributed by atoms with Gasteiger partial charge in [-0.2, -0.15) is 0 Å². The van der Waals surface area contributed by atoms with Crippen LogP contribution in [-0.2, 0) is 35.2 Å². The van der Waals surface area contributed by atoms with Gasteiger partial charge in [-0.05, 0) is 40.7 Å². The van der Waals surface area contributed by atoms with Crippen molar-refractivity contribution in [3.63, 3.8) is 0 Å². The van der Waals surface area contributed by atoms with Gasteiger partial charge in [0.2, 0.25) is 5.91 Å². The summed E-state index contributed by atoms with van der Waals surface area (Å²) in [5, 5.41) is 14.4. The lowest BCUT2D eigenvalue weighted by molar-refractivity contribution is -0.147. The minimum atomic E-state index is -1.42. The molecule has 0 heterocycles. The van der Waals surface area contributed by atoms with E-state index >= 15 is 0 Å². The highest BCUT2D eigenvalue weighted by Crippen LogP contribution is 2.44. The second kappa shape index (κ2) is 14.8. The number of carbonyl (C=O) groups excluding carboxylic acids is 3. The molecule has 4 rings (SSSR count). The Hall–Kier alpha value is -4.70. The van der Waals surface area contributed by atoms with E-state index in [-0.39, 0.29) is 25.6 Å². The van der Waals surface area contributed by atoms with Crippen molar-refractivity contribution < 1.29 is 38.5 Å². The highest BCUT2D eigenvalue weighted by Gasteiger charge is 2.32. The largest absolute Gasteiger partial charge is 0.480 e. The molecule has 3 N–H and O–H groups in total. The third kappa shape index (κ3) is 7.94. The standard InChI is InChI=1S/C32H34N2O8/c1-40-17-9-16-27(31(37)38)33-30(36)28(18-29(35)41-19-21-10-3-2-4-11-21)34-32(39)42-20-26-24-14-7-5-12-22(24)23-13-6-8-15-25(23)26/h2-8,10-15,26-28H,9,16-20H2,1H3,(H,33,36)(H,34,39)(H,37,38)/t27?,28-/m0/s1. The molecule has 0 radical (unpaired) electrons. The molecular weight excluding hydrogens is 540 g/mol. The third-order valence-electron chi connectivity index (χ3n) is 7.02. The summed E-state index contributed by atoms with van der Waals surface area (Å²) >= 11 is 0. The average Bonchev–Trinajstić information content (AvgIpc) is 3.32. The van der Waals surface area contributed by atoms with Crippen LogP contribution in [0.4, 0.5) is 4.79 Å². The molecule has 0 saturated carbocycles. The van der Waals surface area contributed by atoms with E-state index in [0.717, 1.165) is 27.8 Å². The summed E-state index contributed by atoms with van der Waals surface area (Å²) in [6, 6.07) is 22.1. The number of esters is 1. The van der Waals surface area contributed by atoms with Gasteiger partial charge in [-0.25, -0.2) is 9.59 Å². The Bertz CT molecular complexity index is 1350. The molecule has 220 valence electrons. The number of hydrogen-bond donors (Lipinski definition) is 3. The Labute approximate surface area is 244 Å². The van der Waals surface area contributed by atoms with Crippen LogP contribution in [0.2, 0.25) is 0 Å². The fraction of sp³-hybridized carbons (Fsp3) is 0.312. The fourth-order valence-electron chi connectivity index (χ4n) is 4.92. The number of aliphatic carboxylic acids is 1. The van der Waals surface area contributed by atoms with E-state index in [0.29, 0.717) is 13.0 Å². The Kier molecular flexibility index (Phi) is 10.7. The zero-order valence-electron chi connectivity index (χ0n) is 23.3. The molecule has 0 fully saturated rings. The van der Waals surface area contributed by atoms with E-state index in [1.165, 1.54) is 7.11 Å². The van der Waals surface area contributed by atoms with Crippen LogP contribution in [0.3, 0.4) is 0 Å². The van der Waals surface area contributed by atoms with Crippen molar-refractivity contribution in [3.8, 4) is 11.1 Å². The number of carboxylic acid groups (broad SMARTS) is 1. The van der Waals surface area contributed by atoms with Gasteiger partial charge >= 0.3 is 18.0 Å². The molecule has 0 aromatic heterocycles. The van der Waals surface area contributed by atoms with Gasteiger partial charge in [0.15, 0.2) is 0 Å². The van der Waals surface area contributed by atoms with Crippen LogP contribution < -0.4 is 10.6 Å². The van der Waals surface area contributed by atoms with Crippen LogP contribution in [0.15, 0.2) is 78.9 Å². The number of benzene rings is 3. The molecule has 2 amide bonds. The molecule has 10 nitrogen and oxygen atoms in total. The van der Waals surface area contributed by atoms with E-state index in [1.54, 1.807) is 24.3 Å². The first-order valence-corrected chi connectivity index (χ1v) is 13.7. The maximum atomic E-state index is 13.1. The predicted molar refractivity (Wildman–Crippen MR) is 154 cm³/mol. The molecule has 1 aliphatic rings. The second-order valence-electron chi connectivity index (χ2n) is 9.91. The third-order valence-corrected chi connectivity index (χ3v) is 7.02. The van der Waals surface area contributed by atoms with E-state index in [1.807, 2.05) is 54.6 Å². The van der Waals surface area contributed by atoms with Gasteiger partial charge in [0.25, 0.3) is 0 Å². The van der Waals surface area contributed by atoms with E-state index in [2.05, 4.69) is 10.6 Å². The van der Waals surface area contributed by atoms with Crippen LogP contribution in [0, 0.1) is 0 Å². The molecule has 0 spiro atoms. The number of hydrogen-bond acceptors (Lipinski definition) is 7. The number of amides is 2. The quantitative estimate of drug-likeness (QED) is 0.194. The number of ether oxygens (including phenoxy) is 3. The van der Waals surface area contributed by atoms with Crippen molar-refractivity contribution in [3.05, 3.63) is 95.6 Å². The van der Waals surface area contributed by atoms with Gasteiger partial charge in [0.05, 0.1) is 6.42 Å². The summed E-state index contributed by atoms with van der Waals surface area (Å²) in [6.07, 6.45) is -0.950. The number of methoxy groups -OCH3 is 1. The number of carboxylic acids is 1. The molecule has 0 saturated heterocycles. The highest BCUT2D eigenvalue weighted by molar-refractivity contribution is 5.92. The van der Waals surface area contributed by atoms with E-state index < -0.39 is 42.4 Å². The minimum absolute atomic E-state index is 0.00141. The zero-order chi connectivity index (χ0) is 29.9. The zero-order valence-corrected chi connectivity index (χ0v) is 23.3. The van der Waals surface area contributed by atoms with Crippen molar-refractivity contribution in [2.45, 2.75) is 43.9 Å². The van der Waals surface area contributed by atoms with Crippen LogP contribution in [0.5, 0.6) is 0 Å². The highest BCUT2D eigenvalue weighted by atomic mass is 16.5. The summed E-state index contributed by atoms with van der Waals surface area (Å²) in [5.74, 6) is -3.04. The van der Waals surface area contributed by atoms with E-state index in [4.69, 9.17) is 14.2 Å². The maximum Gasteiger partial charge on any atom is 0.407 e. The first kappa shape index (κ1) is 30.3. The lowest BCUT2D eigenvalue weighted by Gasteiger charge is -2.21. The molecule has 10 heteroatoms. The average molecular weight is 575 g/mol. The lowest BCUT2D eigenvalue weighted by atomic mass is 9.98.